The minimum Gasteiger partial charge on any atom is -0.493 e. The highest BCUT2D eigenvalue weighted by atomic mass is 16.5. The maximum Gasteiger partial charge on any atom is 0.153 e. The molecule has 0 aliphatic rings. The number of pyridine rings is 3. The minimum absolute atomic E-state index is 0.481. The fourth-order valence-corrected chi connectivity index (χ4v) is 9.68. The van der Waals surface area contributed by atoms with Crippen LogP contribution in [0.1, 0.15) is 146 Å². The summed E-state index contributed by atoms with van der Waals surface area (Å²) in [5, 5.41) is 0. The third kappa shape index (κ3) is 18.3. The monoisotopic (exact) mass is 1200 g/mol. The predicted molar refractivity (Wildman–Crippen MR) is 373 cm³/mol. The zero-order valence-electron chi connectivity index (χ0n) is 52.7. The van der Waals surface area contributed by atoms with Gasteiger partial charge in [0.15, 0.2) is 6.29 Å². The van der Waals surface area contributed by atoms with Crippen molar-refractivity contribution in [3.63, 3.8) is 0 Å². The van der Waals surface area contributed by atoms with E-state index in [4.69, 9.17) is 33.4 Å². The lowest BCUT2D eigenvalue weighted by Gasteiger charge is -2.15. The number of benzene rings is 6. The average Bonchev–Trinajstić information content (AvgIpc) is 2.10. The molecule has 90 heavy (non-hydrogen) atoms. The highest BCUT2D eigenvalue weighted by Crippen LogP contribution is 2.36. The summed E-state index contributed by atoms with van der Waals surface area (Å²) in [6, 6.07) is 53.3. The Kier molecular flexibility index (Phi) is 24.3. The molecule has 0 atom stereocenters. The molecule has 9 aromatic rings. The van der Waals surface area contributed by atoms with E-state index in [1.54, 1.807) is 18.5 Å². The second-order valence-corrected chi connectivity index (χ2v) is 21.7. The minimum atomic E-state index is 0.481. The van der Waals surface area contributed by atoms with Crippen molar-refractivity contribution in [1.29, 1.82) is 0 Å². The van der Waals surface area contributed by atoms with Crippen LogP contribution in [-0.2, 0) is 0 Å². The van der Waals surface area contributed by atoms with Gasteiger partial charge in [-0.2, -0.15) is 0 Å². The molecule has 6 aromatic carbocycles. The zero-order valence-corrected chi connectivity index (χ0v) is 52.7. The fourth-order valence-electron chi connectivity index (χ4n) is 9.68. The second kappa shape index (κ2) is 33.9. The normalized spacial score (nSPS) is 11.6. The quantitative estimate of drug-likeness (QED) is 0.0298. The van der Waals surface area contributed by atoms with Crippen molar-refractivity contribution in [2.24, 2.45) is 0 Å². The molecular formula is C80H81N3O7. The molecule has 0 aliphatic carbocycles. The van der Waals surface area contributed by atoms with Gasteiger partial charge in [-0.25, -0.2) is 4.98 Å². The molecule has 9 rings (SSSR count). The number of nitrogens with zero attached hydrogens (tertiary/aromatic N) is 3. The van der Waals surface area contributed by atoms with Crippen molar-refractivity contribution >= 4 is 67.0 Å². The highest BCUT2D eigenvalue weighted by molar-refractivity contribution is 5.85. The van der Waals surface area contributed by atoms with Crippen LogP contribution in [-0.4, -0.2) is 60.9 Å². The van der Waals surface area contributed by atoms with Crippen molar-refractivity contribution in [3.8, 4) is 68.4 Å². The van der Waals surface area contributed by atoms with Crippen molar-refractivity contribution < 1.29 is 33.2 Å². The van der Waals surface area contributed by atoms with E-state index in [1.807, 2.05) is 61.5 Å². The Labute approximate surface area is 532 Å². The van der Waals surface area contributed by atoms with Crippen molar-refractivity contribution in [1.82, 2.24) is 15.0 Å². The summed E-state index contributed by atoms with van der Waals surface area (Å²) in [6.45, 7) is 16.0. The van der Waals surface area contributed by atoms with E-state index in [9.17, 15) is 4.79 Å². The van der Waals surface area contributed by atoms with Gasteiger partial charge in [-0.1, -0.05) is 187 Å². The maximum atomic E-state index is 11.9. The van der Waals surface area contributed by atoms with Crippen molar-refractivity contribution in [2.45, 2.75) is 80.1 Å². The summed E-state index contributed by atoms with van der Waals surface area (Å²) < 4.78 is 37.6. The van der Waals surface area contributed by atoms with E-state index >= 15 is 0 Å². The third-order valence-corrected chi connectivity index (χ3v) is 14.4. The van der Waals surface area contributed by atoms with Gasteiger partial charge in [0.25, 0.3) is 0 Å². The van der Waals surface area contributed by atoms with Gasteiger partial charge in [-0.05, 0) is 150 Å². The Hall–Kier alpha value is -10.1. The Morgan fingerprint density at radius 3 is 0.811 bits per heavy atom. The van der Waals surface area contributed by atoms with Gasteiger partial charge in [0, 0.05) is 40.2 Å². The highest BCUT2D eigenvalue weighted by Gasteiger charge is 2.15. The molecule has 0 aliphatic heterocycles. The first-order valence-electron chi connectivity index (χ1n) is 31.6. The van der Waals surface area contributed by atoms with Gasteiger partial charge in [-0.15, -0.1) is 0 Å². The Morgan fingerprint density at radius 2 is 0.556 bits per heavy atom. The topological polar surface area (TPSA) is 111 Å². The Balaban J connectivity index is 0.902. The number of ether oxygens (including phenoxy) is 6. The molecule has 0 spiro atoms. The van der Waals surface area contributed by atoms with Gasteiger partial charge < -0.3 is 28.4 Å². The summed E-state index contributed by atoms with van der Waals surface area (Å²) in [7, 11) is 0. The van der Waals surface area contributed by atoms with Crippen LogP contribution in [0.4, 0.5) is 0 Å². The number of carbonyl (C=O) groups excluding carboxylic acids is 1. The molecular weight excluding hydrogens is 1110 g/mol. The van der Waals surface area contributed by atoms with E-state index in [2.05, 4.69) is 202 Å². The van der Waals surface area contributed by atoms with E-state index in [1.165, 1.54) is 0 Å². The molecule has 10 nitrogen and oxygen atoms in total. The molecule has 0 unspecified atom stereocenters. The molecule has 0 saturated heterocycles. The molecule has 0 bridgehead atoms. The lowest BCUT2D eigenvalue weighted by molar-refractivity contribution is 0.111. The van der Waals surface area contributed by atoms with Crippen LogP contribution >= 0.6 is 0 Å². The number of aldehydes is 1. The molecule has 3 aromatic heterocycles. The maximum absolute atomic E-state index is 11.9. The zero-order chi connectivity index (χ0) is 62.7. The summed E-state index contributed by atoms with van der Waals surface area (Å²) >= 11 is 0. The largest absolute Gasteiger partial charge is 0.493 e. The number of rotatable bonds is 32. The second-order valence-electron chi connectivity index (χ2n) is 21.7. The SMILES string of the molecule is CCCOc1cc(/C=C/c2ccc(/C=C/c3cc(OCCC)c(/C=C/c4ccc(/C=C/c5cc(OCCC)c(/C=C/c6ccc(-c7cc(-c8ccccn8)nc(-c8ccccn8)c7)cc6)cc5OCCC)cc4)cc3OCCC)cc2)c(OCCC)cc1C=O. The molecule has 0 fully saturated rings. The molecule has 10 heteroatoms. The van der Waals surface area contributed by atoms with Crippen LogP contribution in [0.5, 0.6) is 34.5 Å². The van der Waals surface area contributed by atoms with E-state index in [0.29, 0.717) is 56.7 Å². The van der Waals surface area contributed by atoms with Gasteiger partial charge in [0.1, 0.15) is 34.5 Å². The number of hydrogen-bond donors (Lipinski definition) is 0. The first-order chi connectivity index (χ1) is 44.3. The van der Waals surface area contributed by atoms with Crippen LogP contribution < -0.4 is 28.4 Å². The summed E-state index contributed by atoms with van der Waals surface area (Å²) in [5.41, 5.74) is 15.6. The van der Waals surface area contributed by atoms with Crippen molar-refractivity contribution in [2.75, 3.05) is 39.6 Å². The van der Waals surface area contributed by atoms with Crippen LogP contribution in [0, 0.1) is 0 Å². The van der Waals surface area contributed by atoms with E-state index in [-0.39, 0.29) is 0 Å². The average molecular weight is 1200 g/mol. The fraction of sp³-hybridized carbons (Fsp3) is 0.225. The Bertz CT molecular complexity index is 3850. The third-order valence-electron chi connectivity index (χ3n) is 14.4. The molecule has 3 heterocycles. The van der Waals surface area contributed by atoms with E-state index < -0.39 is 0 Å². The predicted octanol–water partition coefficient (Wildman–Crippen LogP) is 20.3. The first kappa shape index (κ1) is 64.4. The molecule has 0 amide bonds. The first-order valence-corrected chi connectivity index (χ1v) is 31.6. The molecule has 0 saturated carbocycles. The lowest BCUT2D eigenvalue weighted by Crippen LogP contribution is -2.02. The summed E-state index contributed by atoms with van der Waals surface area (Å²) in [5.74, 6) is 4.37. The van der Waals surface area contributed by atoms with Crippen LogP contribution in [0.15, 0.2) is 170 Å². The van der Waals surface area contributed by atoms with Gasteiger partial charge in [0.05, 0.1) is 68.0 Å². The standard InChI is InChI=1S/C80H81N3O7/c1-7-43-85-75-52-65(37-30-60-23-25-61(26-24-60)32-39-68-55-80(90-48-12-6)70(57-84)56-79(68)89-47-11-5)76(86-44-8-2)51-64(75)36-29-58-19-21-59(22-20-58)31-38-66-53-78(88-46-10-4)67(54-77(66)87-45-9-3)40-33-62-27-34-63(35-28-62)69-49-73(71-17-13-15-41-81-71)83-74(50-69)72-18-14-16-42-82-72/h13-42,49-57H,7-12,43-48H2,1-6H3/b36-29+,37-30+,38-31+,39-32+,40-33+. The van der Waals surface area contributed by atoms with Crippen LogP contribution in [0.3, 0.4) is 0 Å². The number of aromatic nitrogens is 3. The smallest absolute Gasteiger partial charge is 0.153 e. The summed E-state index contributed by atoms with van der Waals surface area (Å²) in [4.78, 5) is 26.0. The van der Waals surface area contributed by atoms with Crippen molar-refractivity contribution in [3.05, 3.63) is 231 Å². The van der Waals surface area contributed by atoms with Gasteiger partial charge in [0.2, 0.25) is 0 Å². The molecule has 0 N–H and O–H groups in total. The lowest BCUT2D eigenvalue weighted by atomic mass is 10.0. The van der Waals surface area contributed by atoms with Gasteiger partial charge >= 0.3 is 0 Å². The summed E-state index contributed by atoms with van der Waals surface area (Å²) in [6.07, 6.45) is 30.5. The van der Waals surface area contributed by atoms with Crippen LogP contribution in [0.25, 0.3) is 94.7 Å². The number of hydrogen-bond acceptors (Lipinski definition) is 10. The van der Waals surface area contributed by atoms with E-state index in [0.717, 1.165) is 157 Å². The van der Waals surface area contributed by atoms with Gasteiger partial charge in [-0.3, -0.25) is 14.8 Å². The molecule has 0 radical (unpaired) electrons. The molecule has 458 valence electrons. The number of carbonyl (C=O) groups is 1. The Morgan fingerprint density at radius 1 is 0.289 bits per heavy atom. The van der Waals surface area contributed by atoms with Crippen LogP contribution in [0.2, 0.25) is 0 Å².